The van der Waals surface area contributed by atoms with Crippen LogP contribution in [-0.2, 0) is 6.42 Å². The van der Waals surface area contributed by atoms with Crippen molar-refractivity contribution in [2.45, 2.75) is 39.2 Å². The summed E-state index contributed by atoms with van der Waals surface area (Å²) in [5.74, 6) is 1.62. The maximum atomic E-state index is 5.78. The Morgan fingerprint density at radius 1 is 1.19 bits per heavy atom. The minimum Gasteiger partial charge on any atom is -0.497 e. The SMILES string of the molecule is COc1ccc(CCC(C)CC(C)N)cc1. The zero-order valence-corrected chi connectivity index (χ0v) is 10.6. The van der Waals surface area contributed by atoms with E-state index in [2.05, 4.69) is 26.0 Å². The lowest BCUT2D eigenvalue weighted by molar-refractivity contribution is 0.414. The van der Waals surface area contributed by atoms with Crippen LogP contribution in [0, 0.1) is 5.92 Å². The summed E-state index contributed by atoms with van der Waals surface area (Å²) >= 11 is 0. The van der Waals surface area contributed by atoms with Crippen LogP contribution in [0.25, 0.3) is 0 Å². The van der Waals surface area contributed by atoms with Crippen LogP contribution in [0.3, 0.4) is 0 Å². The average Bonchev–Trinajstić information content (AvgIpc) is 2.26. The van der Waals surface area contributed by atoms with Crippen LogP contribution in [0.1, 0.15) is 32.3 Å². The van der Waals surface area contributed by atoms with E-state index in [9.17, 15) is 0 Å². The number of ether oxygens (including phenoxy) is 1. The number of methoxy groups -OCH3 is 1. The second-order valence-corrected chi connectivity index (χ2v) is 4.70. The van der Waals surface area contributed by atoms with E-state index in [0.29, 0.717) is 12.0 Å². The second-order valence-electron chi connectivity index (χ2n) is 4.70. The van der Waals surface area contributed by atoms with E-state index < -0.39 is 0 Å². The molecule has 0 spiro atoms. The Labute approximate surface area is 98.8 Å². The molecule has 90 valence electrons. The summed E-state index contributed by atoms with van der Waals surface area (Å²) in [4.78, 5) is 0. The van der Waals surface area contributed by atoms with Crippen LogP contribution in [0.5, 0.6) is 5.75 Å². The van der Waals surface area contributed by atoms with Gasteiger partial charge >= 0.3 is 0 Å². The predicted molar refractivity (Wildman–Crippen MR) is 68.7 cm³/mol. The molecule has 2 heteroatoms. The predicted octanol–water partition coefficient (Wildman–Crippen LogP) is 3.00. The van der Waals surface area contributed by atoms with Gasteiger partial charge in [-0.05, 0) is 49.8 Å². The van der Waals surface area contributed by atoms with Gasteiger partial charge in [-0.3, -0.25) is 0 Å². The first-order valence-corrected chi connectivity index (χ1v) is 6.00. The number of aryl methyl sites for hydroxylation is 1. The smallest absolute Gasteiger partial charge is 0.118 e. The molecule has 1 aromatic rings. The minimum absolute atomic E-state index is 0.311. The molecule has 0 saturated carbocycles. The second kappa shape index (κ2) is 6.54. The van der Waals surface area contributed by atoms with Gasteiger partial charge in [-0.25, -0.2) is 0 Å². The molecule has 0 aromatic heterocycles. The lowest BCUT2D eigenvalue weighted by Gasteiger charge is -2.13. The van der Waals surface area contributed by atoms with Crippen molar-refractivity contribution < 1.29 is 4.74 Å². The molecule has 0 bridgehead atoms. The highest BCUT2D eigenvalue weighted by atomic mass is 16.5. The van der Waals surface area contributed by atoms with Gasteiger partial charge in [-0.1, -0.05) is 19.1 Å². The van der Waals surface area contributed by atoms with Crippen molar-refractivity contribution in [3.05, 3.63) is 29.8 Å². The average molecular weight is 221 g/mol. The van der Waals surface area contributed by atoms with Gasteiger partial charge in [0.2, 0.25) is 0 Å². The topological polar surface area (TPSA) is 35.2 Å². The highest BCUT2D eigenvalue weighted by molar-refractivity contribution is 5.27. The first-order chi connectivity index (χ1) is 7.61. The summed E-state index contributed by atoms with van der Waals surface area (Å²) in [6.07, 6.45) is 3.43. The Morgan fingerprint density at radius 2 is 1.81 bits per heavy atom. The molecule has 2 N–H and O–H groups in total. The fraction of sp³-hybridized carbons (Fsp3) is 0.571. The summed E-state index contributed by atoms with van der Waals surface area (Å²) in [7, 11) is 1.69. The van der Waals surface area contributed by atoms with Crippen LogP contribution in [0.2, 0.25) is 0 Å². The maximum absolute atomic E-state index is 5.78. The summed E-state index contributed by atoms with van der Waals surface area (Å²) in [5, 5.41) is 0. The summed E-state index contributed by atoms with van der Waals surface area (Å²) in [5.41, 5.74) is 7.16. The quantitative estimate of drug-likeness (QED) is 0.801. The molecular weight excluding hydrogens is 198 g/mol. The van der Waals surface area contributed by atoms with Crippen LogP contribution >= 0.6 is 0 Å². The Kier molecular flexibility index (Phi) is 5.33. The van der Waals surface area contributed by atoms with E-state index in [0.717, 1.165) is 18.6 Å². The molecule has 1 aromatic carbocycles. The van der Waals surface area contributed by atoms with Crippen LogP contribution in [0.15, 0.2) is 24.3 Å². The van der Waals surface area contributed by atoms with Crippen LogP contribution in [0.4, 0.5) is 0 Å². The van der Waals surface area contributed by atoms with Gasteiger partial charge in [-0.15, -0.1) is 0 Å². The van der Waals surface area contributed by atoms with Crippen molar-refractivity contribution in [2.75, 3.05) is 7.11 Å². The van der Waals surface area contributed by atoms with Crippen molar-refractivity contribution in [1.29, 1.82) is 0 Å². The zero-order chi connectivity index (χ0) is 12.0. The Morgan fingerprint density at radius 3 is 2.31 bits per heavy atom. The molecule has 0 amide bonds. The highest BCUT2D eigenvalue weighted by Crippen LogP contribution is 2.16. The van der Waals surface area contributed by atoms with Gasteiger partial charge < -0.3 is 10.5 Å². The van der Waals surface area contributed by atoms with Crippen molar-refractivity contribution >= 4 is 0 Å². The van der Waals surface area contributed by atoms with Gasteiger partial charge in [0.05, 0.1) is 7.11 Å². The van der Waals surface area contributed by atoms with E-state index >= 15 is 0 Å². The molecule has 0 aliphatic carbocycles. The van der Waals surface area contributed by atoms with E-state index in [1.54, 1.807) is 7.11 Å². The highest BCUT2D eigenvalue weighted by Gasteiger charge is 2.05. The standard InChI is InChI=1S/C14H23NO/c1-11(10-12(2)15)4-5-13-6-8-14(16-3)9-7-13/h6-9,11-12H,4-5,10,15H2,1-3H3. The van der Waals surface area contributed by atoms with Crippen molar-refractivity contribution in [1.82, 2.24) is 0 Å². The van der Waals surface area contributed by atoms with Gasteiger partial charge in [0.25, 0.3) is 0 Å². The van der Waals surface area contributed by atoms with E-state index in [1.807, 2.05) is 12.1 Å². The third-order valence-electron chi connectivity index (χ3n) is 2.86. The van der Waals surface area contributed by atoms with Crippen molar-refractivity contribution in [3.8, 4) is 5.75 Å². The van der Waals surface area contributed by atoms with E-state index in [4.69, 9.17) is 10.5 Å². The fourth-order valence-electron chi connectivity index (χ4n) is 1.96. The monoisotopic (exact) mass is 221 g/mol. The van der Waals surface area contributed by atoms with Gasteiger partial charge in [0, 0.05) is 6.04 Å². The lowest BCUT2D eigenvalue weighted by atomic mass is 9.95. The number of hydrogen-bond acceptors (Lipinski definition) is 2. The molecule has 1 rings (SSSR count). The fourth-order valence-corrected chi connectivity index (χ4v) is 1.96. The van der Waals surface area contributed by atoms with Gasteiger partial charge in [0.15, 0.2) is 0 Å². The molecule has 2 atom stereocenters. The maximum Gasteiger partial charge on any atom is 0.118 e. The molecule has 2 unspecified atom stereocenters. The Bertz CT molecular complexity index is 292. The van der Waals surface area contributed by atoms with Crippen LogP contribution in [-0.4, -0.2) is 13.2 Å². The largest absolute Gasteiger partial charge is 0.497 e. The van der Waals surface area contributed by atoms with Crippen LogP contribution < -0.4 is 10.5 Å². The number of hydrogen-bond donors (Lipinski definition) is 1. The molecule has 0 heterocycles. The first-order valence-electron chi connectivity index (χ1n) is 6.00. The van der Waals surface area contributed by atoms with Gasteiger partial charge in [0.1, 0.15) is 5.75 Å². The molecule has 0 aliphatic heterocycles. The first kappa shape index (κ1) is 13.0. The molecule has 16 heavy (non-hydrogen) atoms. The van der Waals surface area contributed by atoms with Crippen molar-refractivity contribution in [2.24, 2.45) is 11.7 Å². The third-order valence-corrected chi connectivity index (χ3v) is 2.86. The van der Waals surface area contributed by atoms with Crippen molar-refractivity contribution in [3.63, 3.8) is 0 Å². The Hall–Kier alpha value is -1.02. The third kappa shape index (κ3) is 4.67. The summed E-state index contributed by atoms with van der Waals surface area (Å²) < 4.78 is 5.13. The molecule has 0 fully saturated rings. The summed E-state index contributed by atoms with van der Waals surface area (Å²) in [6.45, 7) is 4.34. The van der Waals surface area contributed by atoms with E-state index in [-0.39, 0.29) is 0 Å². The zero-order valence-electron chi connectivity index (χ0n) is 10.6. The van der Waals surface area contributed by atoms with Gasteiger partial charge in [-0.2, -0.15) is 0 Å². The lowest BCUT2D eigenvalue weighted by Crippen LogP contribution is -2.18. The minimum atomic E-state index is 0.311. The molecule has 0 saturated heterocycles. The normalized spacial score (nSPS) is 14.5. The number of rotatable bonds is 6. The summed E-state index contributed by atoms with van der Waals surface area (Å²) in [6, 6.07) is 8.62. The van der Waals surface area contributed by atoms with E-state index in [1.165, 1.54) is 12.0 Å². The molecule has 2 nitrogen and oxygen atoms in total. The molecule has 0 radical (unpaired) electrons. The number of nitrogens with two attached hydrogens (primary N) is 1. The molecular formula is C14H23NO. The molecule has 0 aliphatic rings. The Balaban J connectivity index is 2.36. The number of benzene rings is 1.